The van der Waals surface area contributed by atoms with Gasteiger partial charge < -0.3 is 15.2 Å². The highest BCUT2D eigenvalue weighted by Gasteiger charge is 2.20. The Morgan fingerprint density at radius 1 is 0.967 bits per heavy atom. The maximum Gasteiger partial charge on any atom is 0.315 e. The molecule has 0 radical (unpaired) electrons. The number of benzene rings is 2. The summed E-state index contributed by atoms with van der Waals surface area (Å²) in [6.07, 6.45) is 0. The first-order valence-corrected chi connectivity index (χ1v) is 11.2. The Balaban J connectivity index is 1.75. The number of carbonyl (C=O) groups is 1. The summed E-state index contributed by atoms with van der Waals surface area (Å²) in [4.78, 5) is 13.5. The number of rotatable bonds is 7. The Morgan fingerprint density at radius 2 is 1.73 bits per heavy atom. The molecule has 2 heterocycles. The zero-order valence-electron chi connectivity index (χ0n) is 17.4. The molecule has 30 heavy (non-hydrogen) atoms. The van der Waals surface area contributed by atoms with E-state index < -0.39 is 0 Å². The number of fused-ring (bicyclic) bond motifs is 1. The van der Waals surface area contributed by atoms with Gasteiger partial charge in [-0.1, -0.05) is 68.4 Å². The lowest BCUT2D eigenvalue weighted by molar-refractivity contribution is 0.239. The lowest BCUT2D eigenvalue weighted by atomic mass is 10.1. The van der Waals surface area contributed by atoms with Crippen LogP contribution in [0.15, 0.2) is 72.1 Å². The van der Waals surface area contributed by atoms with Crippen LogP contribution in [0, 0.1) is 5.92 Å². The first-order valence-electron chi connectivity index (χ1n) is 10.3. The summed E-state index contributed by atoms with van der Waals surface area (Å²) in [5, 5.41) is 9.30. The maximum atomic E-state index is 12.3. The predicted octanol–water partition coefficient (Wildman–Crippen LogP) is 5.87. The van der Waals surface area contributed by atoms with Crippen molar-refractivity contribution in [1.29, 1.82) is 0 Å². The molecule has 0 unspecified atom stereocenters. The van der Waals surface area contributed by atoms with E-state index in [1.165, 1.54) is 27.0 Å². The van der Waals surface area contributed by atoms with Crippen molar-refractivity contribution >= 4 is 28.3 Å². The van der Waals surface area contributed by atoms with Crippen molar-refractivity contribution in [3.05, 3.63) is 83.2 Å². The molecule has 4 aromatic rings. The van der Waals surface area contributed by atoms with Crippen LogP contribution in [-0.4, -0.2) is 17.1 Å². The second kappa shape index (κ2) is 9.18. The van der Waals surface area contributed by atoms with E-state index in [1.807, 2.05) is 6.07 Å². The molecule has 2 amide bonds. The number of carbonyl (C=O) groups excluding carboxylic acids is 1. The topological polar surface area (TPSA) is 46.1 Å². The molecule has 0 aliphatic rings. The number of amides is 2. The third-order valence-electron chi connectivity index (χ3n) is 5.11. The van der Waals surface area contributed by atoms with Crippen LogP contribution in [0.3, 0.4) is 0 Å². The molecule has 0 saturated heterocycles. The summed E-state index contributed by atoms with van der Waals surface area (Å²) in [5.74, 6) is 0.421. The molecule has 4 rings (SSSR count). The van der Waals surface area contributed by atoms with Gasteiger partial charge in [-0.15, -0.1) is 11.3 Å². The molecule has 0 atom stereocenters. The van der Waals surface area contributed by atoms with Crippen LogP contribution in [0.2, 0.25) is 0 Å². The molecule has 0 saturated carbocycles. The highest BCUT2D eigenvalue weighted by atomic mass is 32.1. The lowest BCUT2D eigenvalue weighted by Crippen LogP contribution is -2.37. The van der Waals surface area contributed by atoms with Gasteiger partial charge in [0.2, 0.25) is 0 Å². The van der Waals surface area contributed by atoms with Crippen molar-refractivity contribution < 1.29 is 4.79 Å². The van der Waals surface area contributed by atoms with Crippen LogP contribution in [0.1, 0.15) is 25.0 Å². The third kappa shape index (κ3) is 4.41. The van der Waals surface area contributed by atoms with E-state index in [2.05, 4.69) is 95.1 Å². The molecule has 2 aromatic heterocycles. The van der Waals surface area contributed by atoms with Gasteiger partial charge in [0.25, 0.3) is 0 Å². The smallest absolute Gasteiger partial charge is 0.315 e. The second-order valence-electron chi connectivity index (χ2n) is 7.85. The zero-order chi connectivity index (χ0) is 20.9. The average Bonchev–Trinajstić information content (AvgIpc) is 3.38. The SMILES string of the molecule is CC(C)CNC(=O)NCc1c(-c2cccs2)n(Cc2ccccc2)c2ccccc12. The summed E-state index contributed by atoms with van der Waals surface area (Å²) < 4.78 is 2.37. The Morgan fingerprint density at radius 3 is 2.47 bits per heavy atom. The summed E-state index contributed by atoms with van der Waals surface area (Å²) in [6.45, 7) is 6.12. The molecule has 0 spiro atoms. The van der Waals surface area contributed by atoms with Crippen LogP contribution in [0.5, 0.6) is 0 Å². The largest absolute Gasteiger partial charge is 0.338 e. The first-order chi connectivity index (χ1) is 14.6. The third-order valence-corrected chi connectivity index (χ3v) is 5.99. The summed E-state index contributed by atoms with van der Waals surface area (Å²) in [7, 11) is 0. The van der Waals surface area contributed by atoms with E-state index in [0.717, 1.165) is 12.1 Å². The van der Waals surface area contributed by atoms with Crippen molar-refractivity contribution in [2.45, 2.75) is 26.9 Å². The standard InChI is InChI=1S/C25H27N3OS/c1-18(2)15-26-25(29)27-16-21-20-11-6-7-12-22(20)28(17-19-9-4-3-5-10-19)24(21)23-13-8-14-30-23/h3-14,18H,15-17H2,1-2H3,(H2,26,27,29). The molecular formula is C25H27N3OS. The number of hydrogen-bond donors (Lipinski definition) is 2. The Hall–Kier alpha value is -3.05. The number of hydrogen-bond acceptors (Lipinski definition) is 2. The Kier molecular flexibility index (Phi) is 6.19. The van der Waals surface area contributed by atoms with Gasteiger partial charge >= 0.3 is 6.03 Å². The second-order valence-corrected chi connectivity index (χ2v) is 8.80. The normalized spacial score (nSPS) is 11.2. The van der Waals surface area contributed by atoms with Crippen LogP contribution in [0.4, 0.5) is 4.79 Å². The van der Waals surface area contributed by atoms with Crippen LogP contribution in [-0.2, 0) is 13.1 Å². The maximum absolute atomic E-state index is 12.3. The number of aromatic nitrogens is 1. The van der Waals surface area contributed by atoms with E-state index >= 15 is 0 Å². The summed E-state index contributed by atoms with van der Waals surface area (Å²) in [5.41, 5.74) is 4.78. The quantitative estimate of drug-likeness (QED) is 0.388. The average molecular weight is 418 g/mol. The minimum Gasteiger partial charge on any atom is -0.338 e. The molecule has 0 fully saturated rings. The van der Waals surface area contributed by atoms with Crippen LogP contribution < -0.4 is 10.6 Å². The molecule has 4 nitrogen and oxygen atoms in total. The minimum atomic E-state index is -0.124. The molecule has 0 bridgehead atoms. The number of nitrogens with zero attached hydrogens (tertiary/aromatic N) is 1. The van der Waals surface area contributed by atoms with Gasteiger partial charge in [-0.2, -0.15) is 0 Å². The highest BCUT2D eigenvalue weighted by molar-refractivity contribution is 7.13. The fourth-order valence-electron chi connectivity index (χ4n) is 3.71. The highest BCUT2D eigenvalue weighted by Crippen LogP contribution is 2.36. The van der Waals surface area contributed by atoms with E-state index in [1.54, 1.807) is 11.3 Å². The summed E-state index contributed by atoms with van der Waals surface area (Å²) in [6, 6.07) is 23.1. The number of nitrogens with one attached hydrogen (secondary N) is 2. The van der Waals surface area contributed by atoms with Gasteiger partial charge in [-0.05, 0) is 29.0 Å². The molecule has 2 N–H and O–H groups in total. The minimum absolute atomic E-state index is 0.124. The molecule has 0 aliphatic carbocycles. The lowest BCUT2D eigenvalue weighted by Gasteiger charge is -2.13. The molecule has 2 aromatic carbocycles. The first kappa shape index (κ1) is 20.2. The van der Waals surface area contributed by atoms with Gasteiger partial charge in [-0.25, -0.2) is 4.79 Å². The Bertz CT molecular complexity index is 1110. The monoisotopic (exact) mass is 417 g/mol. The van der Waals surface area contributed by atoms with Crippen LogP contribution in [0.25, 0.3) is 21.5 Å². The Labute approximate surface area is 181 Å². The predicted molar refractivity (Wildman–Crippen MR) is 126 cm³/mol. The van der Waals surface area contributed by atoms with Gasteiger partial charge in [0.15, 0.2) is 0 Å². The van der Waals surface area contributed by atoms with Gasteiger partial charge in [0, 0.05) is 36.1 Å². The van der Waals surface area contributed by atoms with Crippen molar-refractivity contribution in [2.75, 3.05) is 6.54 Å². The fraction of sp³-hybridized carbons (Fsp3) is 0.240. The van der Waals surface area contributed by atoms with Crippen molar-refractivity contribution in [3.63, 3.8) is 0 Å². The van der Waals surface area contributed by atoms with Crippen molar-refractivity contribution in [1.82, 2.24) is 15.2 Å². The molecule has 5 heteroatoms. The number of para-hydroxylation sites is 1. The van der Waals surface area contributed by atoms with Gasteiger partial charge in [-0.3, -0.25) is 0 Å². The van der Waals surface area contributed by atoms with Crippen molar-refractivity contribution in [2.24, 2.45) is 5.92 Å². The van der Waals surface area contributed by atoms with Gasteiger partial charge in [0.05, 0.1) is 10.6 Å². The molecule has 154 valence electrons. The number of urea groups is 1. The molecule has 0 aliphatic heterocycles. The fourth-order valence-corrected chi connectivity index (χ4v) is 4.51. The van der Waals surface area contributed by atoms with E-state index in [4.69, 9.17) is 0 Å². The number of thiophene rings is 1. The van der Waals surface area contributed by atoms with Gasteiger partial charge in [0.1, 0.15) is 0 Å². The zero-order valence-corrected chi connectivity index (χ0v) is 18.2. The summed E-state index contributed by atoms with van der Waals surface area (Å²) >= 11 is 1.73. The van der Waals surface area contributed by atoms with Crippen molar-refractivity contribution in [3.8, 4) is 10.6 Å². The van der Waals surface area contributed by atoms with E-state index in [0.29, 0.717) is 19.0 Å². The van der Waals surface area contributed by atoms with Crippen LogP contribution >= 0.6 is 11.3 Å². The van der Waals surface area contributed by atoms with E-state index in [-0.39, 0.29) is 6.03 Å². The molecular weight excluding hydrogens is 390 g/mol. The van der Waals surface area contributed by atoms with E-state index in [9.17, 15) is 4.79 Å².